The Hall–Kier alpha value is -1.90. The average Bonchev–Trinajstić information content (AvgIpc) is 2.43. The zero-order chi connectivity index (χ0) is 15.0. The minimum Gasteiger partial charge on any atom is -0.348 e. The second-order valence-corrected chi connectivity index (χ2v) is 4.87. The number of hydrogen-bond acceptors (Lipinski definition) is 4. The van der Waals surface area contributed by atoms with Crippen LogP contribution in [0, 0.1) is 11.8 Å². The van der Waals surface area contributed by atoms with Crippen molar-refractivity contribution in [3.05, 3.63) is 29.6 Å². The number of rotatable bonds is 5. The summed E-state index contributed by atoms with van der Waals surface area (Å²) in [6, 6.07) is 3.61. The van der Waals surface area contributed by atoms with Crippen LogP contribution >= 0.6 is 0 Å². The molecule has 1 unspecified atom stereocenters. The summed E-state index contributed by atoms with van der Waals surface area (Å²) in [7, 11) is 4.02. The number of nitrogens with one attached hydrogen (secondary N) is 1. The summed E-state index contributed by atoms with van der Waals surface area (Å²) < 4.78 is 0. The van der Waals surface area contributed by atoms with E-state index in [-0.39, 0.29) is 18.5 Å². The first-order valence-corrected chi connectivity index (χ1v) is 6.64. The Labute approximate surface area is 120 Å². The first-order valence-electron chi connectivity index (χ1n) is 6.64. The third kappa shape index (κ3) is 5.39. The van der Waals surface area contributed by atoms with Crippen molar-refractivity contribution >= 4 is 5.91 Å². The Bertz CT molecular complexity index is 502. The van der Waals surface area contributed by atoms with E-state index in [9.17, 15) is 4.79 Å². The summed E-state index contributed by atoms with van der Waals surface area (Å²) in [5.74, 6) is 5.42. The smallest absolute Gasteiger partial charge is 0.271 e. The Kier molecular flexibility index (Phi) is 6.71. The molecule has 0 spiro atoms. The van der Waals surface area contributed by atoms with Gasteiger partial charge in [0.15, 0.2) is 0 Å². The highest BCUT2D eigenvalue weighted by atomic mass is 16.1. The van der Waals surface area contributed by atoms with Crippen molar-refractivity contribution < 1.29 is 4.79 Å². The molecule has 20 heavy (non-hydrogen) atoms. The first kappa shape index (κ1) is 16.2. The topological polar surface area (TPSA) is 71.2 Å². The van der Waals surface area contributed by atoms with Gasteiger partial charge in [0.25, 0.3) is 5.91 Å². The normalized spacial score (nSPS) is 11.7. The summed E-state index contributed by atoms with van der Waals surface area (Å²) in [6.07, 6.45) is 2.47. The van der Waals surface area contributed by atoms with Crippen LogP contribution in [-0.4, -0.2) is 49.0 Å². The van der Waals surface area contributed by atoms with Gasteiger partial charge in [0.1, 0.15) is 5.69 Å². The molecule has 1 heterocycles. The lowest BCUT2D eigenvalue weighted by Gasteiger charge is -2.16. The molecule has 0 radical (unpaired) electrons. The molecule has 3 N–H and O–H groups in total. The van der Waals surface area contributed by atoms with E-state index in [1.165, 1.54) is 0 Å². The van der Waals surface area contributed by atoms with Gasteiger partial charge in [-0.25, -0.2) is 4.98 Å². The standard InChI is InChI=1S/C15H22N4O/c1-12(8-11-19(2)3)18-15(20)14-13(6-4-9-16)7-5-10-17-14/h5,7,10,12H,8-9,11,16H2,1-3H3,(H,18,20). The first-order chi connectivity index (χ1) is 9.54. The van der Waals surface area contributed by atoms with E-state index in [0.29, 0.717) is 11.3 Å². The molecule has 1 atom stereocenters. The fraction of sp³-hybridized carbons (Fsp3) is 0.467. The van der Waals surface area contributed by atoms with Crippen LogP contribution in [0.4, 0.5) is 0 Å². The third-order valence-electron chi connectivity index (χ3n) is 2.73. The van der Waals surface area contributed by atoms with Crippen LogP contribution in [-0.2, 0) is 0 Å². The van der Waals surface area contributed by atoms with Crippen LogP contribution in [0.1, 0.15) is 29.4 Å². The van der Waals surface area contributed by atoms with Crippen molar-refractivity contribution in [2.45, 2.75) is 19.4 Å². The fourth-order valence-corrected chi connectivity index (χ4v) is 1.65. The maximum absolute atomic E-state index is 12.2. The molecule has 1 aromatic heterocycles. The van der Waals surface area contributed by atoms with Crippen molar-refractivity contribution in [2.75, 3.05) is 27.2 Å². The quantitative estimate of drug-likeness (QED) is 0.765. The number of carbonyl (C=O) groups excluding carboxylic acids is 1. The molecular formula is C15H22N4O. The maximum Gasteiger partial charge on any atom is 0.271 e. The molecule has 0 saturated heterocycles. The van der Waals surface area contributed by atoms with E-state index >= 15 is 0 Å². The van der Waals surface area contributed by atoms with Crippen LogP contribution in [0.2, 0.25) is 0 Å². The molecule has 0 aliphatic rings. The summed E-state index contributed by atoms with van der Waals surface area (Å²) >= 11 is 0. The summed E-state index contributed by atoms with van der Waals surface area (Å²) in [5.41, 5.74) is 6.31. The molecule has 0 aliphatic heterocycles. The third-order valence-corrected chi connectivity index (χ3v) is 2.73. The molecule has 0 aromatic carbocycles. The number of pyridine rings is 1. The molecular weight excluding hydrogens is 252 g/mol. The van der Waals surface area contributed by atoms with Crippen LogP contribution < -0.4 is 11.1 Å². The van der Waals surface area contributed by atoms with E-state index in [2.05, 4.69) is 27.0 Å². The van der Waals surface area contributed by atoms with E-state index in [0.717, 1.165) is 13.0 Å². The molecule has 0 fully saturated rings. The number of amides is 1. The molecule has 5 heteroatoms. The number of nitrogens with two attached hydrogens (primary N) is 1. The zero-order valence-electron chi connectivity index (χ0n) is 12.3. The molecule has 1 rings (SSSR count). The monoisotopic (exact) mass is 274 g/mol. The second kappa shape index (κ2) is 8.31. The number of carbonyl (C=O) groups is 1. The van der Waals surface area contributed by atoms with Crippen molar-refractivity contribution in [1.29, 1.82) is 0 Å². The fourth-order valence-electron chi connectivity index (χ4n) is 1.65. The minimum absolute atomic E-state index is 0.0854. The lowest BCUT2D eigenvalue weighted by Crippen LogP contribution is -2.35. The van der Waals surface area contributed by atoms with Gasteiger partial charge in [-0.15, -0.1) is 0 Å². The van der Waals surface area contributed by atoms with Gasteiger partial charge in [-0.05, 0) is 46.1 Å². The molecule has 108 valence electrons. The van der Waals surface area contributed by atoms with Crippen LogP contribution in [0.15, 0.2) is 18.3 Å². The van der Waals surface area contributed by atoms with Crippen molar-refractivity contribution in [1.82, 2.24) is 15.2 Å². The van der Waals surface area contributed by atoms with Gasteiger partial charge >= 0.3 is 0 Å². The molecule has 0 saturated carbocycles. The van der Waals surface area contributed by atoms with Gasteiger partial charge in [0, 0.05) is 12.2 Å². The highest BCUT2D eigenvalue weighted by molar-refractivity contribution is 5.94. The summed E-state index contributed by atoms with van der Waals surface area (Å²) in [5, 5.41) is 2.94. The minimum atomic E-state index is -0.196. The molecule has 1 amide bonds. The van der Waals surface area contributed by atoms with Gasteiger partial charge in [0.2, 0.25) is 0 Å². The Balaban J connectivity index is 2.72. The van der Waals surface area contributed by atoms with E-state index in [1.807, 2.05) is 21.0 Å². The van der Waals surface area contributed by atoms with Crippen molar-refractivity contribution in [2.24, 2.45) is 5.73 Å². The number of hydrogen-bond donors (Lipinski definition) is 2. The highest BCUT2D eigenvalue weighted by Gasteiger charge is 2.14. The zero-order valence-corrected chi connectivity index (χ0v) is 12.3. The van der Waals surface area contributed by atoms with Gasteiger partial charge in [-0.2, -0.15) is 0 Å². The highest BCUT2D eigenvalue weighted by Crippen LogP contribution is 2.04. The Morgan fingerprint density at radius 3 is 2.95 bits per heavy atom. The lowest BCUT2D eigenvalue weighted by atomic mass is 10.1. The largest absolute Gasteiger partial charge is 0.348 e. The van der Waals surface area contributed by atoms with Crippen LogP contribution in [0.25, 0.3) is 0 Å². The van der Waals surface area contributed by atoms with Crippen LogP contribution in [0.5, 0.6) is 0 Å². The Morgan fingerprint density at radius 2 is 2.30 bits per heavy atom. The molecule has 0 aliphatic carbocycles. The average molecular weight is 274 g/mol. The van der Waals surface area contributed by atoms with E-state index in [1.54, 1.807) is 18.3 Å². The van der Waals surface area contributed by atoms with Crippen molar-refractivity contribution in [3.63, 3.8) is 0 Å². The number of aromatic nitrogens is 1. The SMILES string of the molecule is CC(CCN(C)C)NC(=O)c1ncccc1C#CCN. The van der Waals surface area contributed by atoms with Crippen molar-refractivity contribution in [3.8, 4) is 11.8 Å². The summed E-state index contributed by atoms with van der Waals surface area (Å²) in [4.78, 5) is 18.4. The van der Waals surface area contributed by atoms with Gasteiger partial charge in [-0.3, -0.25) is 4.79 Å². The van der Waals surface area contributed by atoms with Gasteiger partial charge in [-0.1, -0.05) is 11.8 Å². The number of nitrogens with zero attached hydrogens (tertiary/aromatic N) is 2. The molecule has 1 aromatic rings. The maximum atomic E-state index is 12.2. The lowest BCUT2D eigenvalue weighted by molar-refractivity contribution is 0.0931. The van der Waals surface area contributed by atoms with Gasteiger partial charge in [0.05, 0.1) is 12.1 Å². The molecule has 0 bridgehead atoms. The predicted molar refractivity (Wildman–Crippen MR) is 80.3 cm³/mol. The predicted octanol–water partition coefficient (Wildman–Crippen LogP) is 0.462. The Morgan fingerprint density at radius 1 is 1.55 bits per heavy atom. The van der Waals surface area contributed by atoms with E-state index < -0.39 is 0 Å². The van der Waals surface area contributed by atoms with E-state index in [4.69, 9.17) is 5.73 Å². The molecule has 5 nitrogen and oxygen atoms in total. The van der Waals surface area contributed by atoms with Crippen LogP contribution in [0.3, 0.4) is 0 Å². The second-order valence-electron chi connectivity index (χ2n) is 4.87. The van der Waals surface area contributed by atoms with Gasteiger partial charge < -0.3 is 16.0 Å². The summed E-state index contributed by atoms with van der Waals surface area (Å²) in [6.45, 7) is 3.16.